The van der Waals surface area contributed by atoms with Crippen LogP contribution in [-0.4, -0.2) is 48.9 Å². The molecule has 0 aliphatic carbocycles. The molecular weight excluding hydrogens is 509 g/mol. The smallest absolute Gasteiger partial charge is 0.321 e. The number of hydrogen-bond donors (Lipinski definition) is 3. The number of urea groups is 1. The number of halogens is 1. The van der Waals surface area contributed by atoms with E-state index >= 15 is 0 Å². The third-order valence-electron chi connectivity index (χ3n) is 6.66. The van der Waals surface area contributed by atoms with Gasteiger partial charge in [0.1, 0.15) is 5.82 Å². The molecule has 0 aromatic heterocycles. The highest BCUT2D eigenvalue weighted by atomic mass is 19.1. The number of anilines is 3. The predicted octanol–water partition coefficient (Wildman–Crippen LogP) is 5.40. The van der Waals surface area contributed by atoms with E-state index in [4.69, 9.17) is 0 Å². The first kappa shape index (κ1) is 28.6. The summed E-state index contributed by atoms with van der Waals surface area (Å²) in [5.74, 6) is -0.557. The molecule has 1 heterocycles. The van der Waals surface area contributed by atoms with E-state index in [1.807, 2.05) is 51.1 Å². The molecule has 3 aromatic carbocycles. The second-order valence-corrected chi connectivity index (χ2v) is 10.5. The predicted molar refractivity (Wildman–Crippen MR) is 156 cm³/mol. The van der Waals surface area contributed by atoms with Crippen LogP contribution in [0.5, 0.6) is 0 Å². The normalized spacial score (nSPS) is 13.2. The summed E-state index contributed by atoms with van der Waals surface area (Å²) < 4.78 is 13.3. The molecule has 9 heteroatoms. The van der Waals surface area contributed by atoms with Crippen molar-refractivity contribution in [3.63, 3.8) is 0 Å². The molecule has 0 saturated carbocycles. The topological polar surface area (TPSA) is 93.8 Å². The van der Waals surface area contributed by atoms with Gasteiger partial charge in [0.15, 0.2) is 0 Å². The highest BCUT2D eigenvalue weighted by Gasteiger charge is 2.25. The summed E-state index contributed by atoms with van der Waals surface area (Å²) in [5.41, 5.74) is 4.27. The van der Waals surface area contributed by atoms with E-state index in [1.54, 1.807) is 29.2 Å². The molecule has 3 N–H and O–H groups in total. The van der Waals surface area contributed by atoms with Crippen LogP contribution in [0.3, 0.4) is 0 Å². The SMILES string of the molecule is Cc1cccc(NC(=O)N2CCN(c3ccc(NC(=O)CC(C)C)cc3C(=O)NCc3ccc(F)cc3)CC2)c1. The van der Waals surface area contributed by atoms with Crippen molar-refractivity contribution in [2.75, 3.05) is 41.7 Å². The van der Waals surface area contributed by atoms with Gasteiger partial charge in [-0.15, -0.1) is 0 Å². The highest BCUT2D eigenvalue weighted by Crippen LogP contribution is 2.26. The number of piperazine rings is 1. The van der Waals surface area contributed by atoms with E-state index in [1.165, 1.54) is 12.1 Å². The van der Waals surface area contributed by atoms with E-state index in [9.17, 15) is 18.8 Å². The van der Waals surface area contributed by atoms with Gasteiger partial charge in [0.25, 0.3) is 5.91 Å². The lowest BCUT2D eigenvalue weighted by atomic mass is 10.1. The van der Waals surface area contributed by atoms with Crippen LogP contribution < -0.4 is 20.9 Å². The zero-order valence-electron chi connectivity index (χ0n) is 23.2. The number of hydrogen-bond acceptors (Lipinski definition) is 4. The number of carbonyl (C=O) groups is 3. The Labute approximate surface area is 234 Å². The second-order valence-electron chi connectivity index (χ2n) is 10.5. The van der Waals surface area contributed by atoms with Crippen LogP contribution in [0.2, 0.25) is 0 Å². The van der Waals surface area contributed by atoms with Gasteiger partial charge in [-0.3, -0.25) is 9.59 Å². The molecule has 0 radical (unpaired) electrons. The summed E-state index contributed by atoms with van der Waals surface area (Å²) in [4.78, 5) is 42.4. The first-order chi connectivity index (χ1) is 19.2. The van der Waals surface area contributed by atoms with Crippen molar-refractivity contribution >= 4 is 34.9 Å². The molecule has 1 fully saturated rings. The average molecular weight is 546 g/mol. The Morgan fingerprint density at radius 3 is 2.25 bits per heavy atom. The minimum absolute atomic E-state index is 0.117. The lowest BCUT2D eigenvalue weighted by molar-refractivity contribution is -0.116. The first-order valence-corrected chi connectivity index (χ1v) is 13.5. The number of aryl methyl sites for hydroxylation is 1. The fourth-order valence-electron chi connectivity index (χ4n) is 4.61. The molecule has 8 nitrogen and oxygen atoms in total. The molecule has 0 spiro atoms. The van der Waals surface area contributed by atoms with Crippen molar-refractivity contribution in [3.05, 3.63) is 89.2 Å². The van der Waals surface area contributed by atoms with E-state index in [0.29, 0.717) is 43.9 Å². The highest BCUT2D eigenvalue weighted by molar-refractivity contribution is 6.02. The molecule has 4 amide bonds. The quantitative estimate of drug-likeness (QED) is 0.353. The minimum Gasteiger partial charge on any atom is -0.367 e. The van der Waals surface area contributed by atoms with Crippen molar-refractivity contribution in [1.29, 1.82) is 0 Å². The van der Waals surface area contributed by atoms with Gasteiger partial charge in [-0.2, -0.15) is 0 Å². The maximum absolute atomic E-state index is 13.4. The maximum Gasteiger partial charge on any atom is 0.321 e. The standard InChI is InChI=1S/C31H36FN5O3/c1-21(2)17-29(38)34-26-11-12-28(27(19-26)30(39)33-20-23-7-9-24(32)10-8-23)36-13-15-37(16-14-36)31(40)35-25-6-4-5-22(3)18-25/h4-12,18-19,21H,13-17,20H2,1-3H3,(H,33,39)(H,34,38)(H,35,40). The first-order valence-electron chi connectivity index (χ1n) is 13.5. The van der Waals surface area contributed by atoms with Crippen LogP contribution in [0, 0.1) is 18.7 Å². The molecule has 0 bridgehead atoms. The molecule has 40 heavy (non-hydrogen) atoms. The van der Waals surface area contributed by atoms with E-state index < -0.39 is 0 Å². The van der Waals surface area contributed by atoms with Gasteiger partial charge in [-0.1, -0.05) is 38.1 Å². The van der Waals surface area contributed by atoms with Gasteiger partial charge in [0, 0.05) is 56.2 Å². The number of nitrogens with zero attached hydrogens (tertiary/aromatic N) is 2. The molecule has 3 aromatic rings. The van der Waals surface area contributed by atoms with E-state index in [-0.39, 0.29) is 36.1 Å². The summed E-state index contributed by atoms with van der Waals surface area (Å²) in [7, 11) is 0. The Bertz CT molecular complexity index is 1350. The van der Waals surface area contributed by atoms with E-state index in [2.05, 4.69) is 20.9 Å². The van der Waals surface area contributed by atoms with Gasteiger partial charge in [0.2, 0.25) is 5.91 Å². The monoisotopic (exact) mass is 545 g/mol. The summed E-state index contributed by atoms with van der Waals surface area (Å²) in [6.07, 6.45) is 0.375. The molecular formula is C31H36FN5O3. The number of amides is 4. The third-order valence-corrected chi connectivity index (χ3v) is 6.66. The fourth-order valence-corrected chi connectivity index (χ4v) is 4.61. The molecule has 1 saturated heterocycles. The van der Waals surface area contributed by atoms with Crippen LogP contribution >= 0.6 is 0 Å². The number of rotatable bonds is 8. The van der Waals surface area contributed by atoms with Gasteiger partial charge in [-0.25, -0.2) is 9.18 Å². The largest absolute Gasteiger partial charge is 0.367 e. The Balaban J connectivity index is 1.47. The minimum atomic E-state index is -0.339. The summed E-state index contributed by atoms with van der Waals surface area (Å²) in [5, 5.41) is 8.75. The average Bonchev–Trinajstić information content (AvgIpc) is 2.92. The second kappa shape index (κ2) is 13.1. The van der Waals surface area contributed by atoms with Gasteiger partial charge < -0.3 is 25.8 Å². The Morgan fingerprint density at radius 1 is 0.875 bits per heavy atom. The summed E-state index contributed by atoms with van der Waals surface area (Å²) >= 11 is 0. The summed E-state index contributed by atoms with van der Waals surface area (Å²) in [6, 6.07) is 18.8. The summed E-state index contributed by atoms with van der Waals surface area (Å²) in [6.45, 7) is 8.20. The lowest BCUT2D eigenvalue weighted by Crippen LogP contribution is -2.50. The van der Waals surface area contributed by atoms with Gasteiger partial charge in [0.05, 0.1) is 5.56 Å². The van der Waals surface area contributed by atoms with Crippen LogP contribution in [0.4, 0.5) is 26.2 Å². The van der Waals surface area contributed by atoms with Crippen molar-refractivity contribution in [3.8, 4) is 0 Å². The molecule has 1 aliphatic heterocycles. The molecule has 210 valence electrons. The van der Waals surface area contributed by atoms with Crippen LogP contribution in [0.25, 0.3) is 0 Å². The van der Waals surface area contributed by atoms with Gasteiger partial charge >= 0.3 is 6.03 Å². The number of nitrogens with one attached hydrogen (secondary N) is 3. The number of carbonyl (C=O) groups excluding carboxylic acids is 3. The zero-order chi connectivity index (χ0) is 28.6. The third kappa shape index (κ3) is 7.81. The van der Waals surface area contributed by atoms with Gasteiger partial charge in [-0.05, 0) is 66.4 Å². The molecule has 4 rings (SSSR count). The van der Waals surface area contributed by atoms with Crippen molar-refractivity contribution in [2.45, 2.75) is 33.7 Å². The lowest BCUT2D eigenvalue weighted by Gasteiger charge is -2.37. The Morgan fingerprint density at radius 2 is 1.57 bits per heavy atom. The molecule has 0 atom stereocenters. The number of benzene rings is 3. The molecule has 0 unspecified atom stereocenters. The molecule has 1 aliphatic rings. The Hall–Kier alpha value is -4.40. The van der Waals surface area contributed by atoms with Crippen LogP contribution in [0.1, 0.15) is 41.8 Å². The fraction of sp³-hybridized carbons (Fsp3) is 0.323. The maximum atomic E-state index is 13.4. The van der Waals surface area contributed by atoms with Crippen LogP contribution in [-0.2, 0) is 11.3 Å². The van der Waals surface area contributed by atoms with Crippen molar-refractivity contribution < 1.29 is 18.8 Å². The Kier molecular flexibility index (Phi) is 9.37. The van der Waals surface area contributed by atoms with Crippen molar-refractivity contribution in [1.82, 2.24) is 10.2 Å². The van der Waals surface area contributed by atoms with Crippen LogP contribution in [0.15, 0.2) is 66.7 Å². The zero-order valence-corrected chi connectivity index (χ0v) is 23.2. The van der Waals surface area contributed by atoms with E-state index in [0.717, 1.165) is 22.5 Å². The van der Waals surface area contributed by atoms with Crippen molar-refractivity contribution in [2.24, 2.45) is 5.92 Å².